The van der Waals surface area contributed by atoms with Gasteiger partial charge in [0.05, 0.1) is 6.67 Å². The first-order valence-corrected chi connectivity index (χ1v) is 6.30. The van der Waals surface area contributed by atoms with Gasteiger partial charge in [0.15, 0.2) is 0 Å². The molecule has 15 heavy (non-hydrogen) atoms. The normalized spacial score (nSPS) is 29.4. The predicted molar refractivity (Wildman–Crippen MR) is 63.8 cm³/mol. The number of nitrogens with one attached hydrogen (secondary N) is 1. The molecular formula is C13H26FN. The molecular weight excluding hydrogens is 189 g/mol. The van der Waals surface area contributed by atoms with Crippen LogP contribution in [0.5, 0.6) is 0 Å². The Hall–Kier alpha value is -0.110. The topological polar surface area (TPSA) is 12.0 Å². The van der Waals surface area contributed by atoms with E-state index >= 15 is 0 Å². The maximum atomic E-state index is 12.8. The smallest absolute Gasteiger partial charge is 0.0925 e. The molecule has 1 saturated carbocycles. The van der Waals surface area contributed by atoms with E-state index in [2.05, 4.69) is 33.0 Å². The number of hydrogen-bond donors (Lipinski definition) is 1. The van der Waals surface area contributed by atoms with Crippen LogP contribution in [0.4, 0.5) is 4.39 Å². The fraction of sp³-hybridized carbons (Fsp3) is 1.00. The number of rotatable bonds is 4. The van der Waals surface area contributed by atoms with E-state index in [0.717, 1.165) is 6.42 Å². The molecule has 0 radical (unpaired) electrons. The molecule has 1 aliphatic carbocycles. The Labute approximate surface area is 93.8 Å². The van der Waals surface area contributed by atoms with Crippen molar-refractivity contribution in [3.8, 4) is 0 Å². The van der Waals surface area contributed by atoms with E-state index in [4.69, 9.17) is 0 Å². The molecule has 1 fully saturated rings. The van der Waals surface area contributed by atoms with Gasteiger partial charge in [0.1, 0.15) is 0 Å². The maximum absolute atomic E-state index is 12.8. The molecule has 1 rings (SSSR count). The first-order valence-electron chi connectivity index (χ1n) is 6.30. The average Bonchev–Trinajstić information content (AvgIpc) is 2.52. The molecule has 1 aliphatic rings. The van der Waals surface area contributed by atoms with E-state index in [1.807, 2.05) is 0 Å². The molecule has 0 amide bonds. The van der Waals surface area contributed by atoms with Gasteiger partial charge in [0, 0.05) is 11.6 Å². The molecule has 0 spiro atoms. The number of alkyl halides is 1. The van der Waals surface area contributed by atoms with E-state index in [0.29, 0.717) is 17.9 Å². The standard InChI is InChI=1S/C13H26FN/c1-5-10(9-14)11-6-7-12(8-11)15-13(2,3)4/h10-12,15H,5-9H2,1-4H3/t10?,11?,12-/m0/s1. The van der Waals surface area contributed by atoms with Gasteiger partial charge in [-0.3, -0.25) is 4.39 Å². The Kier molecular flexibility index (Phi) is 4.57. The Bertz CT molecular complexity index is 181. The Morgan fingerprint density at radius 3 is 2.47 bits per heavy atom. The van der Waals surface area contributed by atoms with Crippen LogP contribution >= 0.6 is 0 Å². The van der Waals surface area contributed by atoms with Crippen LogP contribution in [-0.2, 0) is 0 Å². The van der Waals surface area contributed by atoms with Crippen molar-refractivity contribution in [2.24, 2.45) is 11.8 Å². The zero-order chi connectivity index (χ0) is 11.5. The van der Waals surface area contributed by atoms with Crippen LogP contribution in [0.3, 0.4) is 0 Å². The molecule has 0 aromatic carbocycles. The minimum absolute atomic E-state index is 0.136. The van der Waals surface area contributed by atoms with Crippen molar-refractivity contribution in [3.05, 3.63) is 0 Å². The summed E-state index contributed by atoms with van der Waals surface area (Å²) >= 11 is 0. The van der Waals surface area contributed by atoms with Crippen LogP contribution in [0.15, 0.2) is 0 Å². The second-order valence-electron chi connectivity index (χ2n) is 5.99. The monoisotopic (exact) mass is 215 g/mol. The maximum Gasteiger partial charge on any atom is 0.0925 e. The highest BCUT2D eigenvalue weighted by Gasteiger charge is 2.31. The van der Waals surface area contributed by atoms with E-state index in [9.17, 15) is 4.39 Å². The Balaban J connectivity index is 2.38. The van der Waals surface area contributed by atoms with E-state index in [-0.39, 0.29) is 12.2 Å². The predicted octanol–water partition coefficient (Wildman–Crippen LogP) is 3.54. The van der Waals surface area contributed by atoms with Crippen molar-refractivity contribution >= 4 is 0 Å². The Morgan fingerprint density at radius 1 is 1.33 bits per heavy atom. The zero-order valence-electron chi connectivity index (χ0n) is 10.6. The lowest BCUT2D eigenvalue weighted by molar-refractivity contribution is 0.247. The van der Waals surface area contributed by atoms with Crippen LogP contribution in [0.25, 0.3) is 0 Å². The summed E-state index contributed by atoms with van der Waals surface area (Å²) in [7, 11) is 0. The van der Waals surface area contributed by atoms with Gasteiger partial charge in [-0.2, -0.15) is 0 Å². The van der Waals surface area contributed by atoms with Crippen molar-refractivity contribution in [1.29, 1.82) is 0 Å². The summed E-state index contributed by atoms with van der Waals surface area (Å²) in [5, 5.41) is 3.63. The lowest BCUT2D eigenvalue weighted by Crippen LogP contribution is -2.42. The lowest BCUT2D eigenvalue weighted by atomic mass is 9.89. The summed E-state index contributed by atoms with van der Waals surface area (Å²) in [5.41, 5.74) is 0.191. The molecule has 3 atom stereocenters. The summed E-state index contributed by atoms with van der Waals surface area (Å²) < 4.78 is 12.8. The minimum atomic E-state index is -0.136. The third-order valence-corrected chi connectivity index (χ3v) is 3.50. The highest BCUT2D eigenvalue weighted by atomic mass is 19.1. The molecule has 0 bridgehead atoms. The van der Waals surface area contributed by atoms with Gasteiger partial charge in [-0.25, -0.2) is 0 Å². The van der Waals surface area contributed by atoms with Gasteiger partial charge in [0.2, 0.25) is 0 Å². The summed E-state index contributed by atoms with van der Waals surface area (Å²) in [6, 6.07) is 0.607. The quantitative estimate of drug-likeness (QED) is 0.756. The highest BCUT2D eigenvalue weighted by molar-refractivity contribution is 4.87. The largest absolute Gasteiger partial charge is 0.309 e. The Morgan fingerprint density at radius 2 is 2.00 bits per heavy atom. The summed E-state index contributed by atoms with van der Waals surface area (Å²) in [6.45, 7) is 8.57. The molecule has 0 aromatic rings. The molecule has 0 aromatic heterocycles. The first kappa shape index (κ1) is 13.0. The van der Waals surface area contributed by atoms with Crippen molar-refractivity contribution in [1.82, 2.24) is 5.32 Å². The molecule has 2 heteroatoms. The van der Waals surface area contributed by atoms with Gasteiger partial charge in [-0.15, -0.1) is 0 Å². The van der Waals surface area contributed by atoms with Crippen molar-refractivity contribution in [3.63, 3.8) is 0 Å². The van der Waals surface area contributed by atoms with Crippen LogP contribution < -0.4 is 5.32 Å². The fourth-order valence-electron chi connectivity index (χ4n) is 2.76. The van der Waals surface area contributed by atoms with Crippen molar-refractivity contribution < 1.29 is 4.39 Å². The van der Waals surface area contributed by atoms with Gasteiger partial charge >= 0.3 is 0 Å². The third kappa shape index (κ3) is 4.10. The van der Waals surface area contributed by atoms with Crippen LogP contribution in [0.1, 0.15) is 53.4 Å². The minimum Gasteiger partial charge on any atom is -0.309 e. The molecule has 2 unspecified atom stereocenters. The first-order chi connectivity index (χ1) is 6.96. The average molecular weight is 215 g/mol. The molecule has 0 saturated heterocycles. The van der Waals surface area contributed by atoms with Gasteiger partial charge in [-0.1, -0.05) is 13.3 Å². The van der Waals surface area contributed by atoms with Crippen LogP contribution in [0.2, 0.25) is 0 Å². The fourth-order valence-corrected chi connectivity index (χ4v) is 2.76. The van der Waals surface area contributed by atoms with Gasteiger partial charge < -0.3 is 5.32 Å². The lowest BCUT2D eigenvalue weighted by Gasteiger charge is -2.26. The van der Waals surface area contributed by atoms with Crippen molar-refractivity contribution in [2.75, 3.05) is 6.67 Å². The molecule has 0 aliphatic heterocycles. The third-order valence-electron chi connectivity index (χ3n) is 3.50. The van der Waals surface area contributed by atoms with E-state index < -0.39 is 0 Å². The highest BCUT2D eigenvalue weighted by Crippen LogP contribution is 2.34. The SMILES string of the molecule is CCC(CF)C1CC[C@H](NC(C)(C)C)C1. The zero-order valence-corrected chi connectivity index (χ0v) is 10.6. The van der Waals surface area contributed by atoms with Crippen LogP contribution in [-0.4, -0.2) is 18.3 Å². The van der Waals surface area contributed by atoms with Crippen LogP contribution in [0, 0.1) is 11.8 Å². The molecule has 90 valence electrons. The second kappa shape index (κ2) is 5.29. The van der Waals surface area contributed by atoms with E-state index in [1.54, 1.807) is 0 Å². The number of hydrogen-bond acceptors (Lipinski definition) is 1. The molecule has 0 heterocycles. The van der Waals surface area contributed by atoms with E-state index in [1.165, 1.54) is 19.3 Å². The summed E-state index contributed by atoms with van der Waals surface area (Å²) in [6.07, 6.45) is 4.58. The van der Waals surface area contributed by atoms with Gasteiger partial charge in [-0.05, 0) is 51.9 Å². The molecule has 1 N–H and O–H groups in total. The number of halogens is 1. The van der Waals surface area contributed by atoms with Gasteiger partial charge in [0.25, 0.3) is 0 Å². The summed E-state index contributed by atoms with van der Waals surface area (Å²) in [5.74, 6) is 0.914. The second-order valence-corrected chi connectivity index (χ2v) is 5.99. The summed E-state index contributed by atoms with van der Waals surface area (Å²) in [4.78, 5) is 0. The van der Waals surface area contributed by atoms with Crippen molar-refractivity contribution in [2.45, 2.75) is 65.0 Å². The molecule has 1 nitrogen and oxygen atoms in total.